The molecule has 0 spiro atoms. The van der Waals surface area contributed by atoms with E-state index in [0.717, 1.165) is 35.1 Å². The standard InChI is InChI=1S/C24H33N5O3/c1-4-5-10-21(30)29(22(16(2)3)24(31)32)15-17-11-13-18(14-12-17)19-8-6-7-9-20(19)23(27-25)28-26/h6-9,11-14,16,22H,4-5,10,15,25-26H2,1-3H3,(H,27,28)(H,31,32). The number of nitrogens with one attached hydrogen (secondary N) is 1. The largest absolute Gasteiger partial charge is 0.480 e. The van der Waals surface area contributed by atoms with Crippen LogP contribution in [0.4, 0.5) is 0 Å². The topological polar surface area (TPSA) is 134 Å². The fourth-order valence-corrected chi connectivity index (χ4v) is 3.70. The number of amides is 1. The number of hydrazone groups is 1. The van der Waals surface area contributed by atoms with E-state index in [-0.39, 0.29) is 18.4 Å². The molecule has 32 heavy (non-hydrogen) atoms. The van der Waals surface area contributed by atoms with Crippen LogP contribution in [0, 0.1) is 5.92 Å². The minimum absolute atomic E-state index is 0.139. The number of amidine groups is 1. The lowest BCUT2D eigenvalue weighted by Gasteiger charge is -2.32. The quantitative estimate of drug-likeness (QED) is 0.195. The van der Waals surface area contributed by atoms with Gasteiger partial charge < -0.3 is 21.3 Å². The number of carboxylic acids is 1. The smallest absolute Gasteiger partial charge is 0.326 e. The van der Waals surface area contributed by atoms with Crippen LogP contribution in [0.3, 0.4) is 0 Å². The van der Waals surface area contributed by atoms with Crippen LogP contribution in [0.2, 0.25) is 0 Å². The molecule has 0 aliphatic heterocycles. The summed E-state index contributed by atoms with van der Waals surface area (Å²) in [6.07, 6.45) is 1.94. The minimum atomic E-state index is -0.988. The molecule has 2 aromatic rings. The van der Waals surface area contributed by atoms with E-state index in [2.05, 4.69) is 10.5 Å². The van der Waals surface area contributed by atoms with Gasteiger partial charge >= 0.3 is 5.97 Å². The lowest BCUT2D eigenvalue weighted by molar-refractivity contribution is -0.153. The number of carbonyl (C=O) groups excluding carboxylic acids is 1. The predicted octanol–water partition coefficient (Wildman–Crippen LogP) is 3.07. The van der Waals surface area contributed by atoms with Gasteiger partial charge in [-0.3, -0.25) is 4.79 Å². The highest BCUT2D eigenvalue weighted by Gasteiger charge is 2.32. The molecule has 0 heterocycles. The molecule has 1 atom stereocenters. The molecule has 8 nitrogen and oxygen atoms in total. The third-order valence-electron chi connectivity index (χ3n) is 5.35. The van der Waals surface area contributed by atoms with E-state index < -0.39 is 12.0 Å². The second-order valence-electron chi connectivity index (χ2n) is 8.02. The number of carboxylic acid groups (broad SMARTS) is 1. The Morgan fingerprint density at radius 3 is 2.31 bits per heavy atom. The number of nitrogens with two attached hydrogens (primary N) is 2. The van der Waals surface area contributed by atoms with Gasteiger partial charge in [0.15, 0.2) is 5.84 Å². The molecule has 0 radical (unpaired) electrons. The summed E-state index contributed by atoms with van der Waals surface area (Å²) < 4.78 is 0. The minimum Gasteiger partial charge on any atom is -0.480 e. The highest BCUT2D eigenvalue weighted by Crippen LogP contribution is 2.25. The van der Waals surface area contributed by atoms with Crippen molar-refractivity contribution in [1.29, 1.82) is 0 Å². The molecule has 0 aromatic heterocycles. The monoisotopic (exact) mass is 439 g/mol. The normalized spacial score (nSPS) is 12.5. The summed E-state index contributed by atoms with van der Waals surface area (Å²) >= 11 is 0. The second-order valence-corrected chi connectivity index (χ2v) is 8.02. The SMILES string of the molecule is CCCCC(=O)N(Cc1ccc(-c2ccccc2/C(=N/N)NN)cc1)C(C(=O)O)C(C)C. The number of hydrogen-bond acceptors (Lipinski definition) is 5. The molecule has 0 aliphatic carbocycles. The van der Waals surface area contributed by atoms with Crippen LogP contribution in [-0.2, 0) is 16.1 Å². The van der Waals surface area contributed by atoms with Crippen molar-refractivity contribution in [3.8, 4) is 11.1 Å². The van der Waals surface area contributed by atoms with Crippen molar-refractivity contribution in [2.24, 2.45) is 22.7 Å². The molecule has 2 aromatic carbocycles. The average molecular weight is 440 g/mol. The fraction of sp³-hybridized carbons (Fsp3) is 0.375. The summed E-state index contributed by atoms with van der Waals surface area (Å²) in [7, 11) is 0. The van der Waals surface area contributed by atoms with Gasteiger partial charge in [-0.25, -0.2) is 10.6 Å². The number of nitrogens with zero attached hydrogens (tertiary/aromatic N) is 2. The van der Waals surface area contributed by atoms with Crippen LogP contribution >= 0.6 is 0 Å². The van der Waals surface area contributed by atoms with Crippen LogP contribution in [-0.4, -0.2) is 33.8 Å². The summed E-state index contributed by atoms with van der Waals surface area (Å²) in [5.74, 6) is 10.0. The summed E-state index contributed by atoms with van der Waals surface area (Å²) in [5.41, 5.74) is 5.93. The maximum atomic E-state index is 12.8. The molecular formula is C24H33N5O3. The highest BCUT2D eigenvalue weighted by molar-refractivity contribution is 6.04. The molecule has 0 aliphatic rings. The number of carbonyl (C=O) groups is 2. The Labute approximate surface area is 189 Å². The number of hydrogen-bond donors (Lipinski definition) is 4. The fourth-order valence-electron chi connectivity index (χ4n) is 3.70. The Morgan fingerprint density at radius 1 is 1.12 bits per heavy atom. The second kappa shape index (κ2) is 11.9. The molecule has 8 heteroatoms. The molecule has 1 amide bonds. The van der Waals surface area contributed by atoms with Crippen LogP contribution in [0.5, 0.6) is 0 Å². The Hall–Kier alpha value is -3.39. The Balaban J connectivity index is 2.35. The van der Waals surface area contributed by atoms with Crippen molar-refractivity contribution in [1.82, 2.24) is 10.3 Å². The molecule has 6 N–H and O–H groups in total. The van der Waals surface area contributed by atoms with Crippen molar-refractivity contribution < 1.29 is 14.7 Å². The molecule has 0 saturated heterocycles. The van der Waals surface area contributed by atoms with Gasteiger partial charge in [-0.05, 0) is 29.0 Å². The van der Waals surface area contributed by atoms with Gasteiger partial charge in [0.1, 0.15) is 6.04 Å². The van der Waals surface area contributed by atoms with Gasteiger partial charge in [-0.1, -0.05) is 75.7 Å². The first-order valence-corrected chi connectivity index (χ1v) is 10.8. The van der Waals surface area contributed by atoms with Crippen molar-refractivity contribution in [2.45, 2.75) is 52.6 Å². The third kappa shape index (κ3) is 6.07. The van der Waals surface area contributed by atoms with Gasteiger partial charge in [0, 0.05) is 18.5 Å². The van der Waals surface area contributed by atoms with Crippen LogP contribution in [0.1, 0.15) is 51.2 Å². The van der Waals surface area contributed by atoms with Gasteiger partial charge in [-0.2, -0.15) is 5.10 Å². The maximum Gasteiger partial charge on any atom is 0.326 e. The third-order valence-corrected chi connectivity index (χ3v) is 5.35. The van der Waals surface area contributed by atoms with Crippen molar-refractivity contribution in [3.05, 3.63) is 59.7 Å². The lowest BCUT2D eigenvalue weighted by atomic mass is 9.97. The van der Waals surface area contributed by atoms with E-state index in [1.165, 1.54) is 4.90 Å². The van der Waals surface area contributed by atoms with E-state index in [9.17, 15) is 14.7 Å². The Kier molecular flexibility index (Phi) is 9.22. The van der Waals surface area contributed by atoms with Crippen LogP contribution in [0.15, 0.2) is 53.6 Å². The summed E-state index contributed by atoms with van der Waals surface area (Å²) in [6.45, 7) is 5.88. The number of rotatable bonds is 10. The van der Waals surface area contributed by atoms with E-state index in [4.69, 9.17) is 11.7 Å². The molecule has 0 bridgehead atoms. The van der Waals surface area contributed by atoms with Gasteiger partial charge in [-0.15, -0.1) is 0 Å². The van der Waals surface area contributed by atoms with Crippen LogP contribution in [0.25, 0.3) is 11.1 Å². The predicted molar refractivity (Wildman–Crippen MR) is 126 cm³/mol. The Bertz CT molecular complexity index is 941. The zero-order chi connectivity index (χ0) is 23.7. The van der Waals surface area contributed by atoms with Gasteiger partial charge in [0.2, 0.25) is 5.91 Å². The van der Waals surface area contributed by atoms with E-state index in [1.807, 2.05) is 69.3 Å². The lowest BCUT2D eigenvalue weighted by Crippen LogP contribution is -2.47. The zero-order valence-corrected chi connectivity index (χ0v) is 18.9. The number of unbranched alkanes of at least 4 members (excludes halogenated alkanes) is 1. The van der Waals surface area contributed by atoms with Crippen molar-refractivity contribution in [2.75, 3.05) is 0 Å². The maximum absolute atomic E-state index is 12.8. The van der Waals surface area contributed by atoms with E-state index in [1.54, 1.807) is 0 Å². The van der Waals surface area contributed by atoms with Crippen molar-refractivity contribution in [3.63, 3.8) is 0 Å². The van der Waals surface area contributed by atoms with Gasteiger partial charge in [0.05, 0.1) is 0 Å². The number of benzene rings is 2. The zero-order valence-electron chi connectivity index (χ0n) is 18.9. The Morgan fingerprint density at radius 2 is 1.78 bits per heavy atom. The number of hydrazine groups is 1. The summed E-state index contributed by atoms with van der Waals surface area (Å²) in [4.78, 5) is 26.3. The van der Waals surface area contributed by atoms with E-state index in [0.29, 0.717) is 12.3 Å². The first-order chi connectivity index (χ1) is 15.3. The molecule has 172 valence electrons. The first-order valence-electron chi connectivity index (χ1n) is 10.8. The van der Waals surface area contributed by atoms with E-state index >= 15 is 0 Å². The molecule has 0 saturated carbocycles. The molecule has 2 rings (SSSR count). The van der Waals surface area contributed by atoms with Crippen molar-refractivity contribution >= 4 is 17.7 Å². The summed E-state index contributed by atoms with van der Waals surface area (Å²) in [6, 6.07) is 14.4. The van der Waals surface area contributed by atoms with Gasteiger partial charge in [0.25, 0.3) is 0 Å². The first kappa shape index (κ1) is 24.9. The number of aliphatic carboxylic acids is 1. The highest BCUT2D eigenvalue weighted by atomic mass is 16.4. The molecule has 1 unspecified atom stereocenters. The molecular weight excluding hydrogens is 406 g/mol. The summed E-state index contributed by atoms with van der Waals surface area (Å²) in [5, 5.41) is 13.5. The van der Waals surface area contributed by atoms with Crippen LogP contribution < -0.4 is 17.1 Å². The molecule has 0 fully saturated rings. The average Bonchev–Trinajstić information content (AvgIpc) is 2.78.